The number of aliphatic imine (C=N–C) groups is 1. The van der Waals surface area contributed by atoms with E-state index in [1.54, 1.807) is 30.6 Å². The van der Waals surface area contributed by atoms with E-state index < -0.39 is 5.91 Å². The Bertz CT molecular complexity index is 1080. The summed E-state index contributed by atoms with van der Waals surface area (Å²) in [5.41, 5.74) is 20.0. The van der Waals surface area contributed by atoms with E-state index in [1.807, 2.05) is 6.92 Å². The van der Waals surface area contributed by atoms with Crippen molar-refractivity contribution in [1.29, 1.82) is 0 Å². The Morgan fingerprint density at radius 2 is 2.04 bits per heavy atom. The lowest BCUT2D eigenvalue weighted by Gasteiger charge is -2.04. The summed E-state index contributed by atoms with van der Waals surface area (Å²) < 4.78 is 1.56. The molecule has 11 nitrogen and oxygen atoms in total. The molecule has 11 heteroatoms. The van der Waals surface area contributed by atoms with Gasteiger partial charge in [-0.1, -0.05) is 0 Å². The van der Waals surface area contributed by atoms with Crippen LogP contribution >= 0.6 is 0 Å². The zero-order valence-electron chi connectivity index (χ0n) is 15.2. The van der Waals surface area contributed by atoms with Crippen LogP contribution in [0.3, 0.4) is 0 Å². The number of rotatable bonds is 5. The molecule has 3 heterocycles. The number of amides is 1. The lowest BCUT2D eigenvalue weighted by molar-refractivity contribution is 0.0990. The van der Waals surface area contributed by atoms with Gasteiger partial charge in [-0.15, -0.1) is 0 Å². The summed E-state index contributed by atoms with van der Waals surface area (Å²) in [6, 6.07) is 0. The van der Waals surface area contributed by atoms with Gasteiger partial charge in [-0.25, -0.2) is 9.97 Å². The number of aromatic nitrogens is 6. The number of aryl methyl sites for hydroxylation is 1. The highest BCUT2D eigenvalue weighted by atomic mass is 16.1. The van der Waals surface area contributed by atoms with Gasteiger partial charge in [-0.05, 0) is 20.8 Å². The van der Waals surface area contributed by atoms with Crippen molar-refractivity contribution in [3.05, 3.63) is 41.1 Å². The van der Waals surface area contributed by atoms with Crippen LogP contribution in [0.15, 0.2) is 28.8 Å². The largest absolute Gasteiger partial charge is 0.401 e. The maximum Gasteiger partial charge on any atom is 0.285 e. The molecule has 0 spiro atoms. The van der Waals surface area contributed by atoms with Crippen LogP contribution in [0.1, 0.15) is 36.0 Å². The highest BCUT2D eigenvalue weighted by molar-refractivity contribution is 6.10. The first-order valence-electron chi connectivity index (χ1n) is 8.17. The number of carbonyl (C=O) groups is 1. The number of hydrogen-bond acceptors (Lipinski definition) is 8. The maximum atomic E-state index is 11.7. The van der Waals surface area contributed by atoms with Crippen molar-refractivity contribution in [2.45, 2.75) is 20.8 Å². The molecule has 0 unspecified atom stereocenters. The van der Waals surface area contributed by atoms with Gasteiger partial charge in [0.2, 0.25) is 11.6 Å². The Hall–Kier alpha value is -3.76. The topological polar surface area (TPSA) is 179 Å². The van der Waals surface area contributed by atoms with Gasteiger partial charge in [0.05, 0.1) is 23.1 Å². The van der Waals surface area contributed by atoms with Crippen molar-refractivity contribution in [2.24, 2.45) is 22.2 Å². The van der Waals surface area contributed by atoms with Gasteiger partial charge in [-0.3, -0.25) is 24.3 Å². The third-order valence-corrected chi connectivity index (χ3v) is 3.79. The normalized spacial score (nSPS) is 13.1. The summed E-state index contributed by atoms with van der Waals surface area (Å²) in [7, 11) is 0. The van der Waals surface area contributed by atoms with Gasteiger partial charge in [-0.2, -0.15) is 5.10 Å². The number of aromatic amines is 1. The van der Waals surface area contributed by atoms with Crippen molar-refractivity contribution in [2.75, 3.05) is 6.54 Å². The summed E-state index contributed by atoms with van der Waals surface area (Å²) in [4.78, 5) is 29.0. The molecule has 0 aliphatic heterocycles. The molecule has 3 rings (SSSR count). The van der Waals surface area contributed by atoms with Crippen molar-refractivity contribution in [3.63, 3.8) is 0 Å². The number of primary amides is 1. The van der Waals surface area contributed by atoms with Gasteiger partial charge in [0.25, 0.3) is 5.91 Å². The van der Waals surface area contributed by atoms with Crippen molar-refractivity contribution in [3.8, 4) is 11.5 Å². The van der Waals surface area contributed by atoms with E-state index in [9.17, 15) is 4.79 Å². The van der Waals surface area contributed by atoms with Gasteiger partial charge in [0.15, 0.2) is 5.82 Å². The van der Waals surface area contributed by atoms with Crippen molar-refractivity contribution < 1.29 is 4.79 Å². The van der Waals surface area contributed by atoms with Crippen LogP contribution in [0.5, 0.6) is 0 Å². The van der Waals surface area contributed by atoms with Crippen molar-refractivity contribution in [1.82, 2.24) is 29.5 Å². The van der Waals surface area contributed by atoms with E-state index in [0.717, 1.165) is 0 Å². The minimum Gasteiger partial charge on any atom is -0.401 e. The molecule has 0 bridgehead atoms. The van der Waals surface area contributed by atoms with E-state index >= 15 is 0 Å². The number of carbonyl (C=O) groups excluding carboxylic acids is 1. The fraction of sp³-hybridized carbons (Fsp3) is 0.250. The van der Waals surface area contributed by atoms with E-state index in [2.05, 4.69) is 30.1 Å². The lowest BCUT2D eigenvalue weighted by atomic mass is 10.2. The summed E-state index contributed by atoms with van der Waals surface area (Å²) in [6.45, 7) is 5.83. The second kappa shape index (κ2) is 6.86. The SMILES string of the molecule is CCN=C(C(N)=C(C)N)c1nc(-c2nc(C(N)=O)n3cc(C)ncc23)n[nH]1. The summed E-state index contributed by atoms with van der Waals surface area (Å²) in [6.07, 6.45) is 3.25. The number of hydrogen-bond donors (Lipinski definition) is 4. The van der Waals surface area contributed by atoms with Crippen molar-refractivity contribution >= 4 is 17.1 Å². The molecule has 1 amide bonds. The van der Waals surface area contributed by atoms with E-state index in [4.69, 9.17) is 17.2 Å². The third-order valence-electron chi connectivity index (χ3n) is 3.79. The number of nitrogens with zero attached hydrogens (tertiary/aromatic N) is 6. The zero-order chi connectivity index (χ0) is 19.7. The Morgan fingerprint density at radius 3 is 2.67 bits per heavy atom. The molecule has 0 atom stereocenters. The predicted octanol–water partition coefficient (Wildman–Crippen LogP) is -0.120. The highest BCUT2D eigenvalue weighted by Crippen LogP contribution is 2.22. The predicted molar refractivity (Wildman–Crippen MR) is 99.8 cm³/mol. The molecule has 27 heavy (non-hydrogen) atoms. The minimum absolute atomic E-state index is 0.0662. The molecule has 3 aromatic heterocycles. The standard InChI is InChI=1S/C16H20N10O/c1-4-20-12(10(18)8(3)17)15-23-14(24-25-15)11-9-5-21-7(2)6-26(9)16(22-11)13(19)27/h5-6H,4,17-18H2,1-3H3,(H2,19,27)(H,23,24,25). The zero-order valence-corrected chi connectivity index (χ0v) is 15.2. The van der Waals surface area contributed by atoms with Gasteiger partial charge < -0.3 is 17.2 Å². The number of H-pyrrole nitrogens is 1. The quantitative estimate of drug-likeness (QED) is 0.453. The summed E-state index contributed by atoms with van der Waals surface area (Å²) >= 11 is 0. The second-order valence-corrected chi connectivity index (χ2v) is 5.86. The van der Waals surface area contributed by atoms with E-state index in [1.165, 1.54) is 0 Å². The second-order valence-electron chi connectivity index (χ2n) is 5.86. The van der Waals surface area contributed by atoms with E-state index in [-0.39, 0.29) is 11.6 Å². The molecule has 0 aromatic carbocycles. The first-order chi connectivity index (χ1) is 12.8. The molecule has 0 saturated heterocycles. The maximum absolute atomic E-state index is 11.7. The molecule has 0 aliphatic rings. The molecule has 0 radical (unpaired) electrons. The van der Waals surface area contributed by atoms with E-state index in [0.29, 0.717) is 46.4 Å². The molecule has 7 N–H and O–H groups in total. The molecular weight excluding hydrogens is 348 g/mol. The Balaban J connectivity index is 2.16. The molecule has 0 aliphatic carbocycles. The summed E-state index contributed by atoms with van der Waals surface area (Å²) in [5, 5.41) is 6.98. The summed E-state index contributed by atoms with van der Waals surface area (Å²) in [5.74, 6) is -0.00350. The van der Waals surface area contributed by atoms with Crippen LogP contribution in [0.25, 0.3) is 17.0 Å². The average molecular weight is 368 g/mol. The molecule has 3 aromatic rings. The van der Waals surface area contributed by atoms with Crippen LogP contribution in [-0.4, -0.2) is 47.7 Å². The van der Waals surface area contributed by atoms with Gasteiger partial charge >= 0.3 is 0 Å². The third kappa shape index (κ3) is 3.21. The smallest absolute Gasteiger partial charge is 0.285 e. The van der Waals surface area contributed by atoms with Crippen LogP contribution < -0.4 is 17.2 Å². The van der Waals surface area contributed by atoms with Crippen LogP contribution in [0, 0.1) is 6.92 Å². The number of imidazole rings is 1. The number of allylic oxidation sites excluding steroid dienone is 2. The first kappa shape index (κ1) is 18.0. The van der Waals surface area contributed by atoms with Crippen LogP contribution in [0.4, 0.5) is 0 Å². The fourth-order valence-corrected chi connectivity index (χ4v) is 2.53. The Kier molecular flexibility index (Phi) is 4.59. The first-order valence-corrected chi connectivity index (χ1v) is 8.17. The fourth-order valence-electron chi connectivity index (χ4n) is 2.53. The molecular formula is C16H20N10O. The molecule has 140 valence electrons. The van der Waals surface area contributed by atoms with Gasteiger partial charge in [0.1, 0.15) is 11.4 Å². The number of nitrogens with one attached hydrogen (secondary N) is 1. The molecule has 0 fully saturated rings. The molecule has 0 saturated carbocycles. The number of nitrogens with two attached hydrogens (primary N) is 3. The minimum atomic E-state index is -0.670. The van der Waals surface area contributed by atoms with Crippen LogP contribution in [0.2, 0.25) is 0 Å². The highest BCUT2D eigenvalue weighted by Gasteiger charge is 2.21. The van der Waals surface area contributed by atoms with Crippen LogP contribution in [-0.2, 0) is 0 Å². The number of fused-ring (bicyclic) bond motifs is 1. The van der Waals surface area contributed by atoms with Gasteiger partial charge in [0, 0.05) is 18.4 Å². The monoisotopic (exact) mass is 368 g/mol. The Morgan fingerprint density at radius 1 is 1.30 bits per heavy atom. The Labute approximate surface area is 154 Å². The lowest BCUT2D eigenvalue weighted by Crippen LogP contribution is -2.19. The average Bonchev–Trinajstić information content (AvgIpc) is 3.23.